The van der Waals surface area contributed by atoms with Crippen LogP contribution in [0.5, 0.6) is 11.5 Å². The topological polar surface area (TPSA) is 102 Å². The van der Waals surface area contributed by atoms with Crippen molar-refractivity contribution in [1.29, 1.82) is 0 Å². The molecule has 0 heterocycles. The Labute approximate surface area is 269 Å². The van der Waals surface area contributed by atoms with Crippen molar-refractivity contribution in [3.63, 3.8) is 0 Å². The summed E-state index contributed by atoms with van der Waals surface area (Å²) in [5, 5.41) is 17.3. The van der Waals surface area contributed by atoms with Crippen LogP contribution < -0.4 is 0 Å². The van der Waals surface area contributed by atoms with Gasteiger partial charge in [0.2, 0.25) is 0 Å². The lowest BCUT2D eigenvalue weighted by Gasteiger charge is -2.27. The van der Waals surface area contributed by atoms with E-state index in [9.17, 15) is 9.59 Å². The summed E-state index contributed by atoms with van der Waals surface area (Å²) in [6.07, 6.45) is 6.72. The summed E-state index contributed by atoms with van der Waals surface area (Å²) in [6.45, 7) is 8.43. The minimum Gasteiger partial charge on any atom is -0.508 e. The highest BCUT2D eigenvalue weighted by Gasteiger charge is 2.34. The molecule has 3 rings (SSSR count). The normalized spacial score (nSPS) is 13.4. The molecule has 0 fully saturated rings. The number of phenolic OH excluding ortho intramolecular Hbond substituents is 2. The van der Waals surface area contributed by atoms with Crippen molar-refractivity contribution in [2.24, 2.45) is 0 Å². The molecule has 4 unspecified atom stereocenters. The van der Waals surface area contributed by atoms with Crippen LogP contribution >= 0.6 is 0 Å². The maximum atomic E-state index is 13.5. The highest BCUT2D eigenvalue weighted by atomic mass is 16.6. The SMILES string of the molecule is CCCCC(CCC)OC(=O)C(OC(C(=O)OC(CCC)CCCC)c1ccccc1)c1ccccc1.Oc1ccc(O)cc1. The first-order chi connectivity index (χ1) is 21.8. The predicted molar refractivity (Wildman–Crippen MR) is 178 cm³/mol. The van der Waals surface area contributed by atoms with E-state index >= 15 is 0 Å². The maximum Gasteiger partial charge on any atom is 0.340 e. The Morgan fingerprint density at radius 2 is 0.889 bits per heavy atom. The number of carbonyl (C=O) groups is 2. The highest BCUT2D eigenvalue weighted by Crippen LogP contribution is 2.31. The third-order valence-electron chi connectivity index (χ3n) is 7.30. The maximum absolute atomic E-state index is 13.5. The van der Waals surface area contributed by atoms with Crippen LogP contribution in [0.2, 0.25) is 0 Å². The molecule has 246 valence electrons. The minimum absolute atomic E-state index is 0.169. The number of hydrogen-bond donors (Lipinski definition) is 2. The van der Waals surface area contributed by atoms with Gasteiger partial charge in [0.15, 0.2) is 12.2 Å². The Kier molecular flexibility index (Phi) is 18.1. The summed E-state index contributed by atoms with van der Waals surface area (Å²) < 4.78 is 18.3. The number of esters is 2. The molecule has 0 aliphatic carbocycles. The van der Waals surface area contributed by atoms with E-state index in [1.807, 2.05) is 60.7 Å². The van der Waals surface area contributed by atoms with Crippen LogP contribution in [0, 0.1) is 0 Å². The molecule has 0 radical (unpaired) electrons. The van der Waals surface area contributed by atoms with Crippen molar-refractivity contribution < 1.29 is 34.0 Å². The molecule has 3 aromatic carbocycles. The summed E-state index contributed by atoms with van der Waals surface area (Å²) in [5.41, 5.74) is 1.31. The number of rotatable bonds is 18. The fourth-order valence-corrected chi connectivity index (χ4v) is 4.87. The molecule has 7 nitrogen and oxygen atoms in total. The number of unbranched alkanes of at least 4 members (excludes halogenated alkanes) is 2. The van der Waals surface area contributed by atoms with Gasteiger partial charge in [-0.3, -0.25) is 0 Å². The number of ether oxygens (including phenoxy) is 3. The van der Waals surface area contributed by atoms with Crippen LogP contribution in [0.3, 0.4) is 0 Å². The zero-order valence-corrected chi connectivity index (χ0v) is 27.4. The van der Waals surface area contributed by atoms with E-state index in [0.717, 1.165) is 64.2 Å². The molecule has 0 saturated heterocycles. The van der Waals surface area contributed by atoms with E-state index in [0.29, 0.717) is 11.1 Å². The van der Waals surface area contributed by atoms with Crippen LogP contribution in [0.4, 0.5) is 0 Å². The first kappa shape index (κ1) is 37.3. The first-order valence-electron chi connectivity index (χ1n) is 16.5. The molecule has 0 bridgehead atoms. The molecule has 3 aromatic rings. The van der Waals surface area contributed by atoms with E-state index in [-0.39, 0.29) is 23.7 Å². The van der Waals surface area contributed by atoms with Crippen molar-refractivity contribution in [2.75, 3.05) is 0 Å². The van der Waals surface area contributed by atoms with Gasteiger partial charge in [-0.25, -0.2) is 9.59 Å². The number of hydrogen-bond acceptors (Lipinski definition) is 7. The Hall–Kier alpha value is -3.84. The predicted octanol–water partition coefficient (Wildman–Crippen LogP) is 9.39. The lowest BCUT2D eigenvalue weighted by molar-refractivity contribution is -0.180. The number of carbonyl (C=O) groups excluding carboxylic acids is 2. The molecule has 0 aromatic heterocycles. The second-order valence-corrected chi connectivity index (χ2v) is 11.2. The fraction of sp³-hybridized carbons (Fsp3) is 0.474. The summed E-state index contributed by atoms with van der Waals surface area (Å²) in [5.74, 6) is -0.596. The molecule has 0 aliphatic heterocycles. The van der Waals surface area contributed by atoms with Gasteiger partial charge in [0.25, 0.3) is 0 Å². The molecule has 2 N–H and O–H groups in total. The zero-order valence-electron chi connectivity index (χ0n) is 27.4. The molecule has 0 amide bonds. The second-order valence-electron chi connectivity index (χ2n) is 11.2. The molecule has 0 spiro atoms. The quantitative estimate of drug-likeness (QED) is 0.108. The minimum atomic E-state index is -1.04. The van der Waals surface area contributed by atoms with Gasteiger partial charge >= 0.3 is 11.9 Å². The van der Waals surface area contributed by atoms with Gasteiger partial charge < -0.3 is 24.4 Å². The summed E-state index contributed by atoms with van der Waals surface area (Å²) in [7, 11) is 0. The Bertz CT molecular complexity index is 1100. The van der Waals surface area contributed by atoms with Gasteiger partial charge in [0.1, 0.15) is 23.7 Å². The van der Waals surface area contributed by atoms with E-state index in [4.69, 9.17) is 24.4 Å². The third kappa shape index (κ3) is 14.2. The number of benzene rings is 3. The molecule has 0 aliphatic rings. The van der Waals surface area contributed by atoms with Gasteiger partial charge in [0.05, 0.1) is 0 Å². The average Bonchev–Trinajstić information content (AvgIpc) is 3.05. The molecular formula is C38H52O7. The van der Waals surface area contributed by atoms with Gasteiger partial charge in [-0.15, -0.1) is 0 Å². The van der Waals surface area contributed by atoms with Crippen molar-refractivity contribution in [3.8, 4) is 11.5 Å². The second kappa shape index (κ2) is 21.8. The van der Waals surface area contributed by atoms with Crippen molar-refractivity contribution in [2.45, 2.75) is 116 Å². The summed E-state index contributed by atoms with van der Waals surface area (Å²) in [6, 6.07) is 24.3. The molecule has 7 heteroatoms. The van der Waals surface area contributed by atoms with Crippen molar-refractivity contribution in [1.82, 2.24) is 0 Å². The lowest BCUT2D eigenvalue weighted by atomic mass is 10.1. The smallest absolute Gasteiger partial charge is 0.340 e. The zero-order chi connectivity index (χ0) is 32.9. The monoisotopic (exact) mass is 620 g/mol. The van der Waals surface area contributed by atoms with Gasteiger partial charge in [-0.2, -0.15) is 0 Å². The van der Waals surface area contributed by atoms with E-state index < -0.39 is 24.1 Å². The van der Waals surface area contributed by atoms with Gasteiger partial charge in [-0.05, 0) is 61.1 Å². The van der Waals surface area contributed by atoms with Crippen molar-refractivity contribution in [3.05, 3.63) is 96.1 Å². The Morgan fingerprint density at radius 3 is 1.20 bits per heavy atom. The van der Waals surface area contributed by atoms with Crippen LogP contribution in [-0.4, -0.2) is 34.4 Å². The fourth-order valence-electron chi connectivity index (χ4n) is 4.87. The third-order valence-corrected chi connectivity index (χ3v) is 7.30. The molecule has 0 saturated carbocycles. The van der Waals surface area contributed by atoms with Crippen LogP contribution in [0.15, 0.2) is 84.9 Å². The van der Waals surface area contributed by atoms with Gasteiger partial charge in [0, 0.05) is 0 Å². The Morgan fingerprint density at radius 1 is 0.533 bits per heavy atom. The standard InChI is InChI=1S/C32H46O5.C6H6O2/c1-5-9-23-27(17-7-3)35-31(33)29(25-19-13-11-14-20-25)37-30(26-21-15-12-16-22-26)32(34)36-28(18-8-4)24-10-6-2;7-5-1-2-6(8)4-3-5/h11-16,19-22,27-30H,5-10,17-18,23-24H2,1-4H3;1-4,7-8H. The number of phenols is 2. The largest absolute Gasteiger partial charge is 0.508 e. The van der Waals surface area contributed by atoms with Crippen LogP contribution in [-0.2, 0) is 23.8 Å². The summed E-state index contributed by atoms with van der Waals surface area (Å²) >= 11 is 0. The van der Waals surface area contributed by atoms with E-state index in [2.05, 4.69) is 27.7 Å². The van der Waals surface area contributed by atoms with Crippen LogP contribution in [0.1, 0.15) is 115 Å². The van der Waals surface area contributed by atoms with Crippen LogP contribution in [0.25, 0.3) is 0 Å². The highest BCUT2D eigenvalue weighted by molar-refractivity contribution is 5.80. The molecular weight excluding hydrogens is 568 g/mol. The molecule has 4 atom stereocenters. The Balaban J connectivity index is 0.000000761. The van der Waals surface area contributed by atoms with E-state index in [1.165, 1.54) is 24.3 Å². The lowest BCUT2D eigenvalue weighted by Crippen LogP contribution is -2.30. The van der Waals surface area contributed by atoms with E-state index in [1.54, 1.807) is 0 Å². The number of aromatic hydroxyl groups is 2. The van der Waals surface area contributed by atoms with Crippen molar-refractivity contribution >= 4 is 11.9 Å². The van der Waals surface area contributed by atoms with Gasteiger partial charge in [-0.1, -0.05) is 127 Å². The average molecular weight is 621 g/mol. The first-order valence-corrected chi connectivity index (χ1v) is 16.5. The molecule has 45 heavy (non-hydrogen) atoms. The summed E-state index contributed by atoms with van der Waals surface area (Å²) in [4.78, 5) is 27.1.